The summed E-state index contributed by atoms with van der Waals surface area (Å²) >= 11 is 0. The Kier molecular flexibility index (Phi) is 3.91. The minimum atomic E-state index is -0.224. The summed E-state index contributed by atoms with van der Waals surface area (Å²) in [7, 11) is 0. The topological polar surface area (TPSA) is 35.2 Å². The molecule has 0 bridgehead atoms. The number of hydrogen-bond acceptors (Lipinski definition) is 2. The fourth-order valence-electron chi connectivity index (χ4n) is 1.77. The van der Waals surface area contributed by atoms with Gasteiger partial charge in [-0.3, -0.25) is 0 Å². The van der Waals surface area contributed by atoms with Crippen LogP contribution in [0.25, 0.3) is 0 Å². The van der Waals surface area contributed by atoms with Gasteiger partial charge in [-0.2, -0.15) is 0 Å². The summed E-state index contributed by atoms with van der Waals surface area (Å²) in [6.45, 7) is 1.67. The molecule has 16 heavy (non-hydrogen) atoms. The van der Waals surface area contributed by atoms with Crippen LogP contribution in [0.3, 0.4) is 0 Å². The Labute approximate surface area is 95.6 Å². The van der Waals surface area contributed by atoms with Crippen LogP contribution in [0.15, 0.2) is 18.2 Å². The molecule has 88 valence electrons. The van der Waals surface area contributed by atoms with Gasteiger partial charge < -0.3 is 10.5 Å². The first kappa shape index (κ1) is 11.6. The second-order valence-corrected chi connectivity index (χ2v) is 4.40. The van der Waals surface area contributed by atoms with Gasteiger partial charge in [-0.15, -0.1) is 0 Å². The van der Waals surface area contributed by atoms with E-state index in [0.717, 1.165) is 30.1 Å². The van der Waals surface area contributed by atoms with E-state index in [1.165, 1.54) is 25.0 Å². The summed E-state index contributed by atoms with van der Waals surface area (Å²) in [6, 6.07) is 4.68. The van der Waals surface area contributed by atoms with E-state index in [-0.39, 0.29) is 5.82 Å². The van der Waals surface area contributed by atoms with Gasteiger partial charge in [-0.05, 0) is 35.6 Å². The highest BCUT2D eigenvalue weighted by Crippen LogP contribution is 2.32. The number of ether oxygens (including phenoxy) is 1. The van der Waals surface area contributed by atoms with Crippen LogP contribution in [0, 0.1) is 11.7 Å². The molecule has 2 nitrogen and oxygen atoms in total. The highest BCUT2D eigenvalue weighted by molar-refractivity contribution is 5.27. The lowest BCUT2D eigenvalue weighted by atomic mass is 10.1. The number of rotatable bonds is 6. The number of nitrogens with two attached hydrogens (primary N) is 1. The predicted molar refractivity (Wildman–Crippen MR) is 61.3 cm³/mol. The molecule has 1 aromatic carbocycles. The Hall–Kier alpha value is -0.930. The van der Waals surface area contributed by atoms with Crippen molar-refractivity contribution in [3.8, 4) is 0 Å². The average molecular weight is 223 g/mol. The third kappa shape index (κ3) is 3.29. The molecular weight excluding hydrogens is 205 g/mol. The summed E-state index contributed by atoms with van der Waals surface area (Å²) in [6.07, 6.45) is 3.82. The van der Waals surface area contributed by atoms with Crippen molar-refractivity contribution in [2.75, 3.05) is 6.61 Å². The first-order chi connectivity index (χ1) is 7.79. The SMILES string of the molecule is NCc1ccc(F)cc1COCCC1CC1. The maximum atomic E-state index is 13.0. The van der Waals surface area contributed by atoms with Gasteiger partial charge >= 0.3 is 0 Å². The van der Waals surface area contributed by atoms with E-state index in [1.54, 1.807) is 6.07 Å². The lowest BCUT2D eigenvalue weighted by Crippen LogP contribution is -2.04. The molecule has 0 unspecified atom stereocenters. The van der Waals surface area contributed by atoms with E-state index in [4.69, 9.17) is 10.5 Å². The first-order valence-electron chi connectivity index (χ1n) is 5.84. The Bertz CT molecular complexity index is 350. The monoisotopic (exact) mass is 223 g/mol. The Morgan fingerprint density at radius 3 is 2.81 bits per heavy atom. The molecule has 0 amide bonds. The quantitative estimate of drug-likeness (QED) is 0.752. The summed E-state index contributed by atoms with van der Waals surface area (Å²) in [5.41, 5.74) is 7.42. The van der Waals surface area contributed by atoms with Gasteiger partial charge in [0.15, 0.2) is 0 Å². The second kappa shape index (κ2) is 5.41. The second-order valence-electron chi connectivity index (χ2n) is 4.40. The van der Waals surface area contributed by atoms with Gasteiger partial charge in [0.25, 0.3) is 0 Å². The Morgan fingerprint density at radius 2 is 2.12 bits per heavy atom. The van der Waals surface area contributed by atoms with Gasteiger partial charge in [0.05, 0.1) is 6.61 Å². The van der Waals surface area contributed by atoms with E-state index in [0.29, 0.717) is 13.2 Å². The van der Waals surface area contributed by atoms with E-state index in [9.17, 15) is 4.39 Å². The van der Waals surface area contributed by atoms with Crippen LogP contribution >= 0.6 is 0 Å². The van der Waals surface area contributed by atoms with Crippen molar-refractivity contribution in [3.05, 3.63) is 35.1 Å². The summed E-state index contributed by atoms with van der Waals surface area (Å²) in [5.74, 6) is 0.652. The van der Waals surface area contributed by atoms with E-state index >= 15 is 0 Å². The van der Waals surface area contributed by atoms with Crippen LogP contribution in [0.2, 0.25) is 0 Å². The van der Waals surface area contributed by atoms with Crippen molar-refractivity contribution in [3.63, 3.8) is 0 Å². The van der Waals surface area contributed by atoms with E-state index in [1.807, 2.05) is 0 Å². The maximum absolute atomic E-state index is 13.0. The normalized spacial score (nSPS) is 15.4. The minimum Gasteiger partial charge on any atom is -0.377 e. The standard InChI is InChI=1S/C13H18FNO/c14-13-4-3-11(8-15)12(7-13)9-16-6-5-10-1-2-10/h3-4,7,10H,1-2,5-6,8-9,15H2. The van der Waals surface area contributed by atoms with Gasteiger partial charge in [-0.25, -0.2) is 4.39 Å². The Morgan fingerprint density at radius 1 is 1.31 bits per heavy atom. The lowest BCUT2D eigenvalue weighted by molar-refractivity contribution is 0.114. The fraction of sp³-hybridized carbons (Fsp3) is 0.538. The van der Waals surface area contributed by atoms with E-state index < -0.39 is 0 Å². The van der Waals surface area contributed by atoms with Crippen LogP contribution in [0.1, 0.15) is 30.4 Å². The molecule has 2 rings (SSSR count). The highest BCUT2D eigenvalue weighted by atomic mass is 19.1. The molecule has 0 aliphatic heterocycles. The van der Waals surface area contributed by atoms with Crippen molar-refractivity contribution in [1.29, 1.82) is 0 Å². The average Bonchev–Trinajstić information content (AvgIpc) is 3.08. The molecule has 0 saturated heterocycles. The van der Waals surface area contributed by atoms with Gasteiger partial charge in [0.2, 0.25) is 0 Å². The third-order valence-electron chi connectivity index (χ3n) is 3.01. The van der Waals surface area contributed by atoms with Crippen LogP contribution in [-0.4, -0.2) is 6.61 Å². The number of hydrogen-bond donors (Lipinski definition) is 1. The number of benzene rings is 1. The third-order valence-corrected chi connectivity index (χ3v) is 3.01. The molecule has 1 aliphatic carbocycles. The first-order valence-corrected chi connectivity index (χ1v) is 5.84. The molecule has 3 heteroatoms. The minimum absolute atomic E-state index is 0.224. The maximum Gasteiger partial charge on any atom is 0.123 e. The van der Waals surface area contributed by atoms with Gasteiger partial charge in [-0.1, -0.05) is 18.9 Å². The largest absolute Gasteiger partial charge is 0.377 e. The molecule has 0 heterocycles. The lowest BCUT2D eigenvalue weighted by Gasteiger charge is -2.08. The smallest absolute Gasteiger partial charge is 0.123 e. The van der Waals surface area contributed by atoms with Crippen LogP contribution < -0.4 is 5.73 Å². The highest BCUT2D eigenvalue weighted by Gasteiger charge is 2.20. The van der Waals surface area contributed by atoms with Gasteiger partial charge in [0.1, 0.15) is 5.82 Å². The predicted octanol–water partition coefficient (Wildman–Crippen LogP) is 2.60. The Balaban J connectivity index is 1.83. The number of halogens is 1. The fourth-order valence-corrected chi connectivity index (χ4v) is 1.77. The van der Waals surface area contributed by atoms with Crippen molar-refractivity contribution in [2.24, 2.45) is 11.7 Å². The molecule has 0 aromatic heterocycles. The van der Waals surface area contributed by atoms with Crippen LogP contribution in [-0.2, 0) is 17.9 Å². The van der Waals surface area contributed by atoms with Gasteiger partial charge in [0, 0.05) is 13.2 Å². The molecule has 0 atom stereocenters. The van der Waals surface area contributed by atoms with E-state index in [2.05, 4.69) is 0 Å². The molecule has 2 N–H and O–H groups in total. The summed E-state index contributed by atoms with van der Waals surface area (Å²) in [5, 5.41) is 0. The molecule has 0 radical (unpaired) electrons. The molecule has 0 spiro atoms. The van der Waals surface area contributed by atoms with Crippen LogP contribution in [0.4, 0.5) is 4.39 Å². The van der Waals surface area contributed by atoms with Crippen LogP contribution in [0.5, 0.6) is 0 Å². The van der Waals surface area contributed by atoms with Crippen molar-refractivity contribution >= 4 is 0 Å². The molecular formula is C13H18FNO. The molecule has 1 saturated carbocycles. The summed E-state index contributed by atoms with van der Waals surface area (Å²) in [4.78, 5) is 0. The van der Waals surface area contributed by atoms with Crippen molar-refractivity contribution < 1.29 is 9.13 Å². The van der Waals surface area contributed by atoms with Crippen molar-refractivity contribution in [1.82, 2.24) is 0 Å². The molecule has 1 aromatic rings. The van der Waals surface area contributed by atoms with Crippen molar-refractivity contribution in [2.45, 2.75) is 32.4 Å². The molecule has 1 aliphatic rings. The zero-order chi connectivity index (χ0) is 11.4. The zero-order valence-corrected chi connectivity index (χ0v) is 9.42. The molecule has 1 fully saturated rings. The summed E-state index contributed by atoms with van der Waals surface area (Å²) < 4.78 is 18.6. The zero-order valence-electron chi connectivity index (χ0n) is 9.42.